The minimum Gasteiger partial charge on any atom is -0.478 e. The van der Waals surface area contributed by atoms with Gasteiger partial charge in [-0.15, -0.1) is 0 Å². The third-order valence-electron chi connectivity index (χ3n) is 4.46. The summed E-state index contributed by atoms with van der Waals surface area (Å²) in [7, 11) is 0. The summed E-state index contributed by atoms with van der Waals surface area (Å²) < 4.78 is 0. The predicted octanol–water partition coefficient (Wildman–Crippen LogP) is 3.68. The van der Waals surface area contributed by atoms with Gasteiger partial charge >= 0.3 is 17.9 Å². The lowest BCUT2D eigenvalue weighted by atomic mass is 9.86. The largest absolute Gasteiger partial charge is 0.478 e. The van der Waals surface area contributed by atoms with Crippen LogP contribution in [0.1, 0.15) is 31.1 Å². The van der Waals surface area contributed by atoms with E-state index in [4.69, 9.17) is 0 Å². The van der Waals surface area contributed by atoms with Gasteiger partial charge in [-0.2, -0.15) is 0 Å². The molecule has 0 atom stereocenters. The van der Waals surface area contributed by atoms with Crippen molar-refractivity contribution in [2.24, 2.45) is 0 Å². The van der Waals surface area contributed by atoms with Crippen molar-refractivity contribution in [2.75, 3.05) is 0 Å². The highest BCUT2D eigenvalue weighted by Crippen LogP contribution is 2.39. The zero-order chi connectivity index (χ0) is 17.9. The molecule has 0 saturated carbocycles. The normalized spacial score (nSPS) is 11.4. The second-order valence-corrected chi connectivity index (χ2v) is 5.72. The lowest BCUT2D eigenvalue weighted by molar-refractivity contribution is 0.0635. The van der Waals surface area contributed by atoms with Crippen LogP contribution in [0.15, 0.2) is 42.5 Å². The summed E-state index contributed by atoms with van der Waals surface area (Å²) in [5.41, 5.74) is -1.71. The van der Waals surface area contributed by atoms with E-state index in [1.165, 1.54) is 12.1 Å². The molecule has 0 aliphatic carbocycles. The van der Waals surface area contributed by atoms with Gasteiger partial charge in [0, 0.05) is 0 Å². The topological polar surface area (TPSA) is 112 Å². The maximum Gasteiger partial charge on any atom is 0.337 e. The molecule has 6 heteroatoms. The zero-order valence-corrected chi connectivity index (χ0v) is 12.6. The molecule has 0 unspecified atom stereocenters. The van der Waals surface area contributed by atoms with Crippen LogP contribution < -0.4 is 0 Å². The molecule has 6 nitrogen and oxygen atoms in total. The molecule has 122 valence electrons. The molecule has 3 N–H and O–H groups in total. The Hall–Kier alpha value is -3.67. The van der Waals surface area contributed by atoms with Crippen molar-refractivity contribution < 1.29 is 29.7 Å². The average Bonchev–Trinajstić information content (AvgIpc) is 2.57. The van der Waals surface area contributed by atoms with Crippen molar-refractivity contribution in [1.82, 2.24) is 0 Å². The summed E-state index contributed by atoms with van der Waals surface area (Å²) in [6.45, 7) is 0. The first kappa shape index (κ1) is 14.9. The first-order chi connectivity index (χ1) is 11.9. The molecular weight excluding hydrogens is 324 g/mol. The highest BCUT2D eigenvalue weighted by atomic mass is 16.4. The van der Waals surface area contributed by atoms with Crippen LogP contribution >= 0.6 is 0 Å². The predicted molar refractivity (Wildman–Crippen MR) is 91.0 cm³/mol. The zero-order valence-electron chi connectivity index (χ0n) is 12.6. The van der Waals surface area contributed by atoms with E-state index in [9.17, 15) is 29.7 Å². The molecule has 0 aliphatic heterocycles. The minimum atomic E-state index is -1.58. The average molecular weight is 334 g/mol. The quantitative estimate of drug-likeness (QED) is 0.493. The van der Waals surface area contributed by atoms with Gasteiger partial charge in [0.1, 0.15) is 0 Å². The Labute approximate surface area is 139 Å². The van der Waals surface area contributed by atoms with E-state index in [0.717, 1.165) is 16.2 Å². The van der Waals surface area contributed by atoms with Crippen LogP contribution in [-0.4, -0.2) is 33.2 Å². The standard InChI is InChI=1S/C19H10O6/c20-17(21)14-10-6-4-8-2-1-3-9-5-7-11(13(10)12(8)9)15(18(22)23)16(14)19(24)25/h1-7H,(H,20,21)(H,22,23)(H,24,25). The number of carboxylic acids is 3. The molecule has 0 bridgehead atoms. The first-order valence-corrected chi connectivity index (χ1v) is 7.35. The molecule has 0 fully saturated rings. The Bertz CT molecular complexity index is 1140. The van der Waals surface area contributed by atoms with Crippen molar-refractivity contribution in [3.8, 4) is 0 Å². The second-order valence-electron chi connectivity index (χ2n) is 5.72. The Balaban J connectivity index is 2.44. The van der Waals surface area contributed by atoms with Crippen molar-refractivity contribution in [3.05, 3.63) is 59.2 Å². The Kier molecular flexibility index (Phi) is 2.93. The maximum absolute atomic E-state index is 11.8. The third kappa shape index (κ3) is 1.88. The van der Waals surface area contributed by atoms with E-state index in [1.807, 2.05) is 18.2 Å². The van der Waals surface area contributed by atoms with Gasteiger partial charge in [-0.3, -0.25) is 0 Å². The van der Waals surface area contributed by atoms with Crippen molar-refractivity contribution >= 4 is 50.2 Å². The van der Waals surface area contributed by atoms with Gasteiger partial charge in [0.2, 0.25) is 0 Å². The molecule has 0 saturated heterocycles. The van der Waals surface area contributed by atoms with Gasteiger partial charge in [-0.05, 0) is 32.3 Å². The van der Waals surface area contributed by atoms with Crippen LogP contribution in [0.4, 0.5) is 0 Å². The highest BCUT2D eigenvalue weighted by molar-refractivity contribution is 6.32. The SMILES string of the molecule is O=C(O)c1c(C(=O)O)c2ccc3cccc4ccc(c1C(=O)O)c2c34. The summed E-state index contributed by atoms with van der Waals surface area (Å²) in [6.07, 6.45) is 0. The molecule has 0 heterocycles. The summed E-state index contributed by atoms with van der Waals surface area (Å²) in [5, 5.41) is 32.0. The molecule has 0 aromatic heterocycles. The van der Waals surface area contributed by atoms with Crippen molar-refractivity contribution in [2.45, 2.75) is 0 Å². The number of hydrogen-bond acceptors (Lipinski definition) is 3. The molecule has 4 aromatic carbocycles. The minimum absolute atomic E-state index is 0.217. The third-order valence-corrected chi connectivity index (χ3v) is 4.46. The van der Waals surface area contributed by atoms with Gasteiger partial charge in [0.05, 0.1) is 16.7 Å². The van der Waals surface area contributed by atoms with E-state index in [0.29, 0.717) is 5.39 Å². The molecule has 4 aromatic rings. The van der Waals surface area contributed by atoms with E-state index < -0.39 is 34.6 Å². The van der Waals surface area contributed by atoms with Gasteiger partial charge in [0.25, 0.3) is 0 Å². The Morgan fingerprint density at radius 3 is 1.40 bits per heavy atom. The lowest BCUT2D eigenvalue weighted by Crippen LogP contribution is -2.16. The Morgan fingerprint density at radius 1 is 0.560 bits per heavy atom. The van der Waals surface area contributed by atoms with Gasteiger partial charge in [-0.1, -0.05) is 42.5 Å². The number of carboxylic acid groups (broad SMARTS) is 3. The van der Waals surface area contributed by atoms with Crippen LogP contribution in [0.5, 0.6) is 0 Å². The maximum atomic E-state index is 11.8. The Morgan fingerprint density at radius 2 is 1.00 bits per heavy atom. The second kappa shape index (κ2) is 4.91. The molecule has 25 heavy (non-hydrogen) atoms. The van der Waals surface area contributed by atoms with Crippen molar-refractivity contribution in [1.29, 1.82) is 0 Å². The van der Waals surface area contributed by atoms with E-state index in [2.05, 4.69) is 0 Å². The molecule has 0 radical (unpaired) electrons. The number of aromatic carboxylic acids is 3. The van der Waals surface area contributed by atoms with Crippen molar-refractivity contribution in [3.63, 3.8) is 0 Å². The van der Waals surface area contributed by atoms with Gasteiger partial charge in [0.15, 0.2) is 0 Å². The number of benzene rings is 4. The molecule has 0 spiro atoms. The summed E-state index contributed by atoms with van der Waals surface area (Å²) in [6, 6.07) is 12.0. The van der Waals surface area contributed by atoms with Crippen LogP contribution in [0, 0.1) is 0 Å². The fraction of sp³-hybridized carbons (Fsp3) is 0. The van der Waals surface area contributed by atoms with Crippen LogP contribution in [0.25, 0.3) is 32.3 Å². The number of rotatable bonds is 3. The fourth-order valence-corrected chi connectivity index (χ4v) is 3.55. The lowest BCUT2D eigenvalue weighted by Gasteiger charge is -2.17. The number of carbonyl (C=O) groups is 3. The summed E-state index contributed by atoms with van der Waals surface area (Å²) >= 11 is 0. The molecule has 0 aliphatic rings. The monoisotopic (exact) mass is 334 g/mol. The van der Waals surface area contributed by atoms with Crippen LogP contribution in [0.2, 0.25) is 0 Å². The van der Waals surface area contributed by atoms with E-state index in [1.54, 1.807) is 12.1 Å². The molecule has 0 amide bonds. The van der Waals surface area contributed by atoms with E-state index >= 15 is 0 Å². The van der Waals surface area contributed by atoms with Crippen LogP contribution in [0.3, 0.4) is 0 Å². The summed E-state index contributed by atoms with van der Waals surface area (Å²) in [4.78, 5) is 35.3. The highest BCUT2D eigenvalue weighted by Gasteiger charge is 2.30. The first-order valence-electron chi connectivity index (χ1n) is 7.35. The smallest absolute Gasteiger partial charge is 0.337 e. The fourth-order valence-electron chi connectivity index (χ4n) is 3.55. The van der Waals surface area contributed by atoms with E-state index in [-0.39, 0.29) is 10.8 Å². The molecule has 4 rings (SSSR count). The van der Waals surface area contributed by atoms with Gasteiger partial charge in [-0.25, -0.2) is 14.4 Å². The van der Waals surface area contributed by atoms with Gasteiger partial charge < -0.3 is 15.3 Å². The van der Waals surface area contributed by atoms with Crippen LogP contribution in [-0.2, 0) is 0 Å². The summed E-state index contributed by atoms with van der Waals surface area (Å²) in [5.74, 6) is -4.53. The number of hydrogen-bond donors (Lipinski definition) is 3. The molecular formula is C19H10O6.